The average molecular weight is 327 g/mol. The first-order valence-corrected chi connectivity index (χ1v) is 8.89. The van der Waals surface area contributed by atoms with Gasteiger partial charge in [0.2, 0.25) is 0 Å². The molecule has 0 radical (unpaired) electrons. The van der Waals surface area contributed by atoms with E-state index in [1.165, 1.54) is 64.2 Å². The van der Waals surface area contributed by atoms with Crippen molar-refractivity contribution in [3.05, 3.63) is 12.3 Å². The predicted octanol–water partition coefficient (Wildman–Crippen LogP) is 5.10. The van der Waals surface area contributed by atoms with Crippen molar-refractivity contribution >= 4 is 22.1 Å². The molecule has 0 aromatic rings. The van der Waals surface area contributed by atoms with Crippen molar-refractivity contribution in [1.29, 1.82) is 0 Å². The van der Waals surface area contributed by atoms with E-state index in [-0.39, 0.29) is 0 Å². The molecule has 1 aliphatic carbocycles. The Morgan fingerprint density at radius 3 is 2.32 bits per heavy atom. The van der Waals surface area contributed by atoms with E-state index >= 15 is 0 Å². The minimum absolute atomic E-state index is 0.319. The van der Waals surface area contributed by atoms with Crippen molar-refractivity contribution in [2.45, 2.75) is 69.0 Å². The summed E-state index contributed by atoms with van der Waals surface area (Å²) in [7, 11) is 0. The summed E-state index contributed by atoms with van der Waals surface area (Å²) in [4.78, 5) is 0.319. The van der Waals surface area contributed by atoms with Crippen LogP contribution in [0.15, 0.2) is 17.4 Å². The molecular formula is C16H27BrN2. The lowest BCUT2D eigenvalue weighted by Crippen LogP contribution is -2.17. The fourth-order valence-electron chi connectivity index (χ4n) is 2.55. The maximum atomic E-state index is 4.37. The Balaban J connectivity index is 1.34. The molecule has 0 saturated heterocycles. The fourth-order valence-corrected chi connectivity index (χ4v) is 2.79. The molecule has 3 heteroatoms. The van der Waals surface area contributed by atoms with Crippen molar-refractivity contribution < 1.29 is 0 Å². The molecule has 0 aromatic carbocycles. The summed E-state index contributed by atoms with van der Waals surface area (Å²) in [5, 5.41) is 6.41. The van der Waals surface area contributed by atoms with Gasteiger partial charge in [0.05, 0.1) is 4.83 Å². The summed E-state index contributed by atoms with van der Waals surface area (Å²) < 4.78 is 0. The third kappa shape index (κ3) is 7.14. The fraction of sp³-hybridized carbons (Fsp3) is 0.812. The number of hydrogen-bond acceptors (Lipinski definition) is 2. The first-order chi connectivity index (χ1) is 9.34. The highest BCUT2D eigenvalue weighted by molar-refractivity contribution is 9.10. The standard InChI is InChI=1S/C16H27BrN2/c17-16-11-13-19(18-14-16)12-7-5-3-1-2-4-6-8-15-9-10-15/h11,13-16H,1-10,12H2. The van der Waals surface area contributed by atoms with Crippen molar-refractivity contribution in [1.82, 2.24) is 5.01 Å². The molecule has 1 heterocycles. The van der Waals surface area contributed by atoms with E-state index in [0.29, 0.717) is 4.83 Å². The number of nitrogens with zero attached hydrogens (tertiary/aromatic N) is 2. The first kappa shape index (κ1) is 15.1. The van der Waals surface area contributed by atoms with E-state index < -0.39 is 0 Å². The molecule has 1 unspecified atom stereocenters. The molecule has 1 aliphatic heterocycles. The molecule has 1 fully saturated rings. The highest BCUT2D eigenvalue weighted by Gasteiger charge is 2.19. The number of rotatable bonds is 10. The van der Waals surface area contributed by atoms with Crippen LogP contribution < -0.4 is 0 Å². The van der Waals surface area contributed by atoms with Gasteiger partial charge in [-0.15, -0.1) is 0 Å². The summed E-state index contributed by atoms with van der Waals surface area (Å²) in [6.07, 6.45) is 20.5. The molecule has 0 N–H and O–H groups in total. The van der Waals surface area contributed by atoms with Gasteiger partial charge >= 0.3 is 0 Å². The lowest BCUT2D eigenvalue weighted by molar-refractivity contribution is 0.378. The zero-order valence-electron chi connectivity index (χ0n) is 11.9. The monoisotopic (exact) mass is 326 g/mol. The number of hydrogen-bond donors (Lipinski definition) is 0. The average Bonchev–Trinajstić information content (AvgIpc) is 3.23. The molecule has 2 rings (SSSR count). The van der Waals surface area contributed by atoms with Gasteiger partial charge in [-0.05, 0) is 18.4 Å². The SMILES string of the molecule is BrC1C=CN(CCCCCCCCCC2CC2)N=C1. The molecule has 0 amide bonds. The van der Waals surface area contributed by atoms with Crippen LogP contribution in [0.25, 0.3) is 0 Å². The summed E-state index contributed by atoms with van der Waals surface area (Å²) in [6, 6.07) is 0. The van der Waals surface area contributed by atoms with Crippen molar-refractivity contribution in [3.8, 4) is 0 Å². The minimum atomic E-state index is 0.319. The zero-order valence-corrected chi connectivity index (χ0v) is 13.5. The maximum Gasteiger partial charge on any atom is 0.0713 e. The molecule has 108 valence electrons. The second-order valence-electron chi connectivity index (χ2n) is 5.92. The van der Waals surface area contributed by atoms with Crippen LogP contribution in [0.3, 0.4) is 0 Å². The first-order valence-electron chi connectivity index (χ1n) is 7.98. The largest absolute Gasteiger partial charge is 0.273 e. The van der Waals surface area contributed by atoms with Crippen molar-refractivity contribution in [3.63, 3.8) is 0 Å². The molecule has 0 aromatic heterocycles. The topological polar surface area (TPSA) is 15.6 Å². The van der Waals surface area contributed by atoms with Crippen LogP contribution in [0.4, 0.5) is 0 Å². The van der Waals surface area contributed by atoms with Crippen LogP contribution in [0, 0.1) is 5.92 Å². The van der Waals surface area contributed by atoms with Gasteiger partial charge in [-0.25, -0.2) is 0 Å². The second-order valence-corrected chi connectivity index (χ2v) is 6.98. The van der Waals surface area contributed by atoms with Crippen molar-refractivity contribution in [2.75, 3.05) is 6.54 Å². The van der Waals surface area contributed by atoms with E-state index in [1.807, 2.05) is 11.2 Å². The van der Waals surface area contributed by atoms with Gasteiger partial charge in [0, 0.05) is 19.0 Å². The Hall–Kier alpha value is -0.310. The number of alkyl halides is 1. The lowest BCUT2D eigenvalue weighted by Gasteiger charge is -2.17. The van der Waals surface area contributed by atoms with E-state index in [1.54, 1.807) is 0 Å². The van der Waals surface area contributed by atoms with Gasteiger partial charge in [-0.2, -0.15) is 5.10 Å². The number of halogens is 1. The molecule has 19 heavy (non-hydrogen) atoms. The van der Waals surface area contributed by atoms with Crippen molar-refractivity contribution in [2.24, 2.45) is 11.0 Å². The molecule has 1 saturated carbocycles. The van der Waals surface area contributed by atoms with Crippen LogP contribution in [-0.2, 0) is 0 Å². The highest BCUT2D eigenvalue weighted by Crippen LogP contribution is 2.34. The zero-order chi connectivity index (χ0) is 13.3. The number of hydrazone groups is 1. The van der Waals surface area contributed by atoms with Gasteiger partial charge < -0.3 is 0 Å². The third-order valence-electron chi connectivity index (χ3n) is 4.00. The quantitative estimate of drug-likeness (QED) is 0.403. The van der Waals surface area contributed by atoms with Crippen LogP contribution >= 0.6 is 15.9 Å². The Labute approximate surface area is 126 Å². The lowest BCUT2D eigenvalue weighted by atomic mass is 10.1. The Kier molecular flexibility index (Phi) is 6.97. The van der Waals surface area contributed by atoms with E-state index in [4.69, 9.17) is 0 Å². The molecule has 2 aliphatic rings. The third-order valence-corrected chi connectivity index (χ3v) is 4.54. The van der Waals surface area contributed by atoms with Crippen LogP contribution in [0.2, 0.25) is 0 Å². The summed E-state index contributed by atoms with van der Waals surface area (Å²) in [5.41, 5.74) is 0. The van der Waals surface area contributed by atoms with E-state index in [0.717, 1.165) is 12.5 Å². The van der Waals surface area contributed by atoms with Crippen LogP contribution in [0.1, 0.15) is 64.2 Å². The highest BCUT2D eigenvalue weighted by atomic mass is 79.9. The summed E-state index contributed by atoms with van der Waals surface area (Å²) in [5.74, 6) is 1.12. The maximum absolute atomic E-state index is 4.37. The minimum Gasteiger partial charge on any atom is -0.273 e. The Morgan fingerprint density at radius 2 is 1.68 bits per heavy atom. The van der Waals surface area contributed by atoms with Crippen LogP contribution in [0.5, 0.6) is 0 Å². The molecule has 0 bridgehead atoms. The summed E-state index contributed by atoms with van der Waals surface area (Å²) in [6.45, 7) is 1.06. The van der Waals surface area contributed by atoms with E-state index in [2.05, 4.69) is 33.3 Å². The number of allylic oxidation sites excluding steroid dienone is 1. The van der Waals surface area contributed by atoms with E-state index in [9.17, 15) is 0 Å². The van der Waals surface area contributed by atoms with Gasteiger partial charge in [0.25, 0.3) is 0 Å². The number of unbranched alkanes of at least 4 members (excludes halogenated alkanes) is 6. The second kappa shape index (κ2) is 8.78. The Morgan fingerprint density at radius 1 is 1.00 bits per heavy atom. The molecule has 1 atom stereocenters. The molecular weight excluding hydrogens is 300 g/mol. The normalized spacial score (nSPS) is 22.2. The van der Waals surface area contributed by atoms with Gasteiger partial charge in [0.1, 0.15) is 0 Å². The summed E-state index contributed by atoms with van der Waals surface area (Å²) >= 11 is 3.49. The van der Waals surface area contributed by atoms with Crippen LogP contribution in [-0.4, -0.2) is 22.6 Å². The smallest absolute Gasteiger partial charge is 0.0713 e. The van der Waals surface area contributed by atoms with Gasteiger partial charge in [-0.3, -0.25) is 5.01 Å². The molecule has 2 nitrogen and oxygen atoms in total. The predicted molar refractivity (Wildman–Crippen MR) is 86.7 cm³/mol. The van der Waals surface area contributed by atoms with Gasteiger partial charge in [-0.1, -0.05) is 73.7 Å². The molecule has 0 spiro atoms. The Bertz CT molecular complexity index is 283. The van der Waals surface area contributed by atoms with Gasteiger partial charge in [0.15, 0.2) is 0 Å².